The monoisotopic (exact) mass is 326 g/mol. The summed E-state index contributed by atoms with van der Waals surface area (Å²) in [5.41, 5.74) is 1.63. The van der Waals surface area contributed by atoms with Crippen molar-refractivity contribution in [3.63, 3.8) is 0 Å². The summed E-state index contributed by atoms with van der Waals surface area (Å²) >= 11 is 0. The molecule has 0 aliphatic carbocycles. The minimum atomic E-state index is -0.618. The Kier molecular flexibility index (Phi) is 3.97. The van der Waals surface area contributed by atoms with E-state index < -0.39 is 17.4 Å². The quantitative estimate of drug-likeness (QED) is 0.686. The van der Waals surface area contributed by atoms with Gasteiger partial charge in [-0.15, -0.1) is 0 Å². The predicted octanol–water partition coefficient (Wildman–Crippen LogP) is 1.99. The maximum atomic E-state index is 12.4. The van der Waals surface area contributed by atoms with E-state index in [1.165, 1.54) is 0 Å². The first-order chi connectivity index (χ1) is 11.5. The second-order valence-electron chi connectivity index (χ2n) is 5.59. The van der Waals surface area contributed by atoms with Crippen LogP contribution in [-0.2, 0) is 9.59 Å². The van der Waals surface area contributed by atoms with Crippen molar-refractivity contribution < 1.29 is 14.0 Å². The molecule has 1 N–H and O–H groups in total. The van der Waals surface area contributed by atoms with Crippen molar-refractivity contribution >= 4 is 34.0 Å². The lowest BCUT2D eigenvalue weighted by Gasteiger charge is -2.23. The summed E-state index contributed by atoms with van der Waals surface area (Å²) in [7, 11) is 0. The summed E-state index contributed by atoms with van der Waals surface area (Å²) in [5.74, 6) is -1.10. The first-order valence-corrected chi connectivity index (χ1v) is 7.86. The van der Waals surface area contributed by atoms with Crippen LogP contribution in [0.1, 0.15) is 25.0 Å². The minimum Gasteiger partial charge on any atom is -0.422 e. The molecule has 3 rings (SSSR count). The lowest BCUT2D eigenvalue weighted by atomic mass is 9.98. The zero-order valence-electron chi connectivity index (χ0n) is 13.8. The smallest absolute Gasteiger partial charge is 0.344 e. The van der Waals surface area contributed by atoms with Gasteiger partial charge in [0.2, 0.25) is 0 Å². The largest absolute Gasteiger partial charge is 0.422 e. The molecule has 2 amide bonds. The third-order valence-electron chi connectivity index (χ3n) is 4.29. The highest BCUT2D eigenvalue weighted by Gasteiger charge is 2.28. The number of nitrogens with one attached hydrogen (secondary N) is 1. The van der Waals surface area contributed by atoms with Crippen LogP contribution in [-0.4, -0.2) is 24.9 Å². The summed E-state index contributed by atoms with van der Waals surface area (Å²) in [6, 6.07) is 5.53. The maximum absolute atomic E-state index is 12.4. The molecule has 0 bridgehead atoms. The van der Waals surface area contributed by atoms with E-state index in [0.717, 1.165) is 30.2 Å². The number of imide groups is 1. The number of carbonyl (C=O) groups excluding carboxylic acids is 2. The fraction of sp³-hybridized carbons (Fsp3) is 0.278. The molecule has 6 heteroatoms. The van der Waals surface area contributed by atoms with Crippen molar-refractivity contribution in [1.82, 2.24) is 5.32 Å². The van der Waals surface area contributed by atoms with E-state index in [1.54, 1.807) is 13.0 Å². The van der Waals surface area contributed by atoms with Crippen LogP contribution in [0, 0.1) is 6.92 Å². The van der Waals surface area contributed by atoms with Crippen LogP contribution < -0.4 is 15.8 Å². The maximum Gasteiger partial charge on any atom is 0.344 e. The third kappa shape index (κ3) is 2.40. The van der Waals surface area contributed by atoms with Gasteiger partial charge >= 0.3 is 5.63 Å². The summed E-state index contributed by atoms with van der Waals surface area (Å²) in [5, 5.41) is 2.95. The molecule has 0 radical (unpaired) electrons. The molecule has 0 spiro atoms. The van der Waals surface area contributed by atoms with E-state index >= 15 is 0 Å². The average Bonchev–Trinajstić information content (AvgIpc) is 2.86. The number of aryl methyl sites for hydroxylation is 1. The van der Waals surface area contributed by atoms with Crippen molar-refractivity contribution in [3.05, 3.63) is 45.8 Å². The number of rotatable bonds is 4. The van der Waals surface area contributed by atoms with Gasteiger partial charge in [0.25, 0.3) is 11.8 Å². The number of nitrogens with zero attached hydrogens (tertiary/aromatic N) is 1. The van der Waals surface area contributed by atoms with Crippen LogP contribution in [0.3, 0.4) is 0 Å². The van der Waals surface area contributed by atoms with Gasteiger partial charge in [-0.25, -0.2) is 4.79 Å². The van der Waals surface area contributed by atoms with E-state index in [1.807, 2.05) is 26.0 Å². The van der Waals surface area contributed by atoms with Gasteiger partial charge < -0.3 is 9.32 Å². The zero-order chi connectivity index (χ0) is 17.4. The Morgan fingerprint density at radius 3 is 2.42 bits per heavy atom. The van der Waals surface area contributed by atoms with Crippen LogP contribution in [0.25, 0.3) is 16.5 Å². The Morgan fingerprint density at radius 1 is 1.12 bits per heavy atom. The number of hydrogen-bond donors (Lipinski definition) is 1. The Morgan fingerprint density at radius 2 is 1.83 bits per heavy atom. The second kappa shape index (κ2) is 5.96. The van der Waals surface area contributed by atoms with Gasteiger partial charge in [-0.05, 0) is 38.5 Å². The number of fused-ring (bicyclic) bond motifs is 1. The van der Waals surface area contributed by atoms with Crippen molar-refractivity contribution in [2.24, 2.45) is 0 Å². The molecule has 6 nitrogen and oxygen atoms in total. The number of carbonyl (C=O) groups is 2. The molecular weight excluding hydrogens is 308 g/mol. The zero-order valence-corrected chi connectivity index (χ0v) is 13.8. The first-order valence-electron chi connectivity index (χ1n) is 7.86. The van der Waals surface area contributed by atoms with E-state index in [-0.39, 0.29) is 11.1 Å². The van der Waals surface area contributed by atoms with Crippen LogP contribution >= 0.6 is 0 Å². The molecule has 0 saturated carbocycles. The highest BCUT2D eigenvalue weighted by Crippen LogP contribution is 2.32. The van der Waals surface area contributed by atoms with Crippen LogP contribution in [0.2, 0.25) is 0 Å². The Hall–Kier alpha value is -2.89. The van der Waals surface area contributed by atoms with Gasteiger partial charge in [0, 0.05) is 30.2 Å². The molecule has 1 aliphatic heterocycles. The summed E-state index contributed by atoms with van der Waals surface area (Å²) < 4.78 is 5.44. The lowest BCUT2D eigenvalue weighted by molar-refractivity contribution is -0.123. The van der Waals surface area contributed by atoms with Crippen molar-refractivity contribution in [2.45, 2.75) is 20.8 Å². The predicted molar refractivity (Wildman–Crippen MR) is 91.9 cm³/mol. The van der Waals surface area contributed by atoms with Crippen molar-refractivity contribution in [3.8, 4) is 0 Å². The Balaban J connectivity index is 2.36. The Bertz CT molecular complexity index is 936. The van der Waals surface area contributed by atoms with Gasteiger partial charge in [0.05, 0.1) is 11.1 Å². The molecule has 2 aromatic rings. The van der Waals surface area contributed by atoms with Gasteiger partial charge in [0.1, 0.15) is 5.58 Å². The molecule has 1 aromatic carbocycles. The van der Waals surface area contributed by atoms with Crippen LogP contribution in [0.5, 0.6) is 0 Å². The summed E-state index contributed by atoms with van der Waals surface area (Å²) in [6.45, 7) is 7.46. The third-order valence-corrected chi connectivity index (χ3v) is 4.29. The molecule has 0 saturated heterocycles. The van der Waals surface area contributed by atoms with Crippen molar-refractivity contribution in [2.75, 3.05) is 18.0 Å². The molecule has 0 atom stereocenters. The number of hydrogen-bond acceptors (Lipinski definition) is 5. The van der Waals surface area contributed by atoms with E-state index in [2.05, 4.69) is 10.2 Å². The minimum absolute atomic E-state index is 0.0579. The normalized spacial score (nSPS) is 14.0. The molecule has 124 valence electrons. The summed E-state index contributed by atoms with van der Waals surface area (Å²) in [6.07, 6.45) is 1.15. The number of anilines is 1. The molecular formula is C18H18N2O4. The average molecular weight is 326 g/mol. The number of benzene rings is 1. The standard InChI is InChI=1S/C18H18N2O4/c1-4-20(5-2)12-7-6-8-13-16(12)10(3)15(18(23)24-13)11-9-14(21)19-17(11)22/h6-9H,4-5H2,1-3H3,(H,19,21,22). The highest BCUT2D eigenvalue weighted by atomic mass is 16.4. The highest BCUT2D eigenvalue weighted by molar-refractivity contribution is 6.34. The summed E-state index contributed by atoms with van der Waals surface area (Å²) in [4.78, 5) is 38.0. The van der Waals surface area contributed by atoms with Crippen molar-refractivity contribution in [1.29, 1.82) is 0 Å². The van der Waals surface area contributed by atoms with Gasteiger partial charge in [-0.2, -0.15) is 0 Å². The molecule has 0 fully saturated rings. The second-order valence-corrected chi connectivity index (χ2v) is 5.59. The topological polar surface area (TPSA) is 79.6 Å². The SMILES string of the molecule is CCN(CC)c1cccc2oc(=O)c(C3=CC(=O)NC3=O)c(C)c12. The fourth-order valence-corrected chi connectivity index (χ4v) is 3.15. The van der Waals surface area contributed by atoms with E-state index in [9.17, 15) is 14.4 Å². The van der Waals surface area contributed by atoms with Crippen LogP contribution in [0.4, 0.5) is 5.69 Å². The molecule has 1 aromatic heterocycles. The molecule has 1 aliphatic rings. The van der Waals surface area contributed by atoms with E-state index in [4.69, 9.17) is 4.42 Å². The van der Waals surface area contributed by atoms with E-state index in [0.29, 0.717) is 11.1 Å². The Labute approximate surface area is 138 Å². The molecule has 24 heavy (non-hydrogen) atoms. The van der Waals surface area contributed by atoms with Crippen LogP contribution in [0.15, 0.2) is 33.5 Å². The number of amides is 2. The first kappa shape index (κ1) is 16.0. The molecule has 2 heterocycles. The van der Waals surface area contributed by atoms with Gasteiger partial charge in [-0.1, -0.05) is 6.07 Å². The van der Waals surface area contributed by atoms with Gasteiger partial charge in [-0.3, -0.25) is 14.9 Å². The molecule has 0 unspecified atom stereocenters. The fourth-order valence-electron chi connectivity index (χ4n) is 3.15. The lowest BCUT2D eigenvalue weighted by Crippen LogP contribution is -2.24. The van der Waals surface area contributed by atoms with Gasteiger partial charge in [0.15, 0.2) is 0 Å².